The molecule has 114 valence electrons. The smallest absolute Gasteiger partial charge is 0.404 e. The van der Waals surface area contributed by atoms with E-state index < -0.39 is 24.0 Å². The maximum atomic E-state index is 11.5. The van der Waals surface area contributed by atoms with Crippen molar-refractivity contribution >= 4 is 18.1 Å². The molecule has 0 spiro atoms. The van der Waals surface area contributed by atoms with Crippen molar-refractivity contribution in [2.75, 3.05) is 19.7 Å². The fourth-order valence-electron chi connectivity index (χ4n) is 1.61. The fraction of sp³-hybridized carbons (Fsp3) is 0.308. The number of carbonyl (C=O) groups excluding carboxylic acids is 2. The number of carboxylic acids is 1. The Hall–Kier alpha value is -2.77. The van der Waals surface area contributed by atoms with Crippen LogP contribution < -0.4 is 16.4 Å². The summed E-state index contributed by atoms with van der Waals surface area (Å²) in [6.45, 7) is -0.0243. The van der Waals surface area contributed by atoms with E-state index in [1.807, 2.05) is 0 Å². The van der Waals surface area contributed by atoms with Crippen molar-refractivity contribution in [3.05, 3.63) is 35.9 Å². The number of rotatable bonds is 7. The first-order valence-corrected chi connectivity index (χ1v) is 6.22. The Morgan fingerprint density at radius 1 is 1.19 bits per heavy atom. The lowest BCUT2D eigenvalue weighted by molar-refractivity contribution is -0.138. The van der Waals surface area contributed by atoms with Crippen LogP contribution in [-0.4, -0.2) is 42.9 Å². The van der Waals surface area contributed by atoms with Gasteiger partial charge in [0.1, 0.15) is 6.61 Å². The van der Waals surface area contributed by atoms with Gasteiger partial charge in [-0.2, -0.15) is 0 Å². The molecule has 3 amide bonds. The van der Waals surface area contributed by atoms with Crippen LogP contribution >= 0.6 is 0 Å². The van der Waals surface area contributed by atoms with Crippen LogP contribution in [0.4, 0.5) is 9.59 Å². The molecular formula is C13H17N3O5. The quantitative estimate of drug-likeness (QED) is 0.535. The third-order valence-corrected chi connectivity index (χ3v) is 2.60. The van der Waals surface area contributed by atoms with Gasteiger partial charge in [-0.3, -0.25) is 4.79 Å². The minimum Gasteiger partial charge on any atom is -0.481 e. The van der Waals surface area contributed by atoms with Crippen LogP contribution in [0.5, 0.6) is 0 Å². The molecule has 21 heavy (non-hydrogen) atoms. The largest absolute Gasteiger partial charge is 0.481 e. The van der Waals surface area contributed by atoms with E-state index in [0.717, 1.165) is 0 Å². The number of amides is 3. The summed E-state index contributed by atoms with van der Waals surface area (Å²) in [5.74, 6) is -1.86. The number of hydrogen-bond acceptors (Lipinski definition) is 4. The number of carbonyl (C=O) groups is 3. The van der Waals surface area contributed by atoms with Crippen molar-refractivity contribution in [2.24, 2.45) is 5.73 Å². The van der Waals surface area contributed by atoms with Crippen LogP contribution in [0.1, 0.15) is 11.5 Å². The van der Waals surface area contributed by atoms with Gasteiger partial charge in [0, 0.05) is 6.54 Å². The highest BCUT2D eigenvalue weighted by molar-refractivity contribution is 5.79. The molecule has 0 aliphatic carbocycles. The molecule has 1 atom stereocenters. The van der Waals surface area contributed by atoms with Gasteiger partial charge in [-0.25, -0.2) is 9.59 Å². The van der Waals surface area contributed by atoms with E-state index in [1.165, 1.54) is 0 Å². The molecule has 0 saturated carbocycles. The predicted octanol–water partition coefficient (Wildman–Crippen LogP) is 0.249. The van der Waals surface area contributed by atoms with Crippen LogP contribution in [0.3, 0.4) is 0 Å². The lowest BCUT2D eigenvalue weighted by Gasteiger charge is -2.14. The summed E-state index contributed by atoms with van der Waals surface area (Å²) in [6, 6.07) is 8.04. The van der Waals surface area contributed by atoms with Gasteiger partial charge in [-0.15, -0.1) is 0 Å². The molecule has 0 saturated heterocycles. The number of ether oxygens (including phenoxy) is 1. The number of urea groups is 1. The third kappa shape index (κ3) is 6.28. The molecule has 0 fully saturated rings. The molecule has 0 heterocycles. The Morgan fingerprint density at radius 3 is 2.43 bits per heavy atom. The molecule has 8 heteroatoms. The average Bonchev–Trinajstić information content (AvgIpc) is 2.44. The predicted molar refractivity (Wildman–Crippen MR) is 73.8 cm³/mol. The van der Waals surface area contributed by atoms with Gasteiger partial charge in [0.2, 0.25) is 0 Å². The second-order valence-corrected chi connectivity index (χ2v) is 4.11. The number of nitrogens with one attached hydrogen (secondary N) is 2. The molecule has 0 bridgehead atoms. The maximum absolute atomic E-state index is 11.5. The Labute approximate surface area is 121 Å². The van der Waals surface area contributed by atoms with Crippen LogP contribution in [0, 0.1) is 0 Å². The van der Waals surface area contributed by atoms with Gasteiger partial charge in [0.25, 0.3) is 0 Å². The third-order valence-electron chi connectivity index (χ3n) is 2.60. The van der Waals surface area contributed by atoms with Gasteiger partial charge in [0.05, 0.1) is 12.5 Å². The first kappa shape index (κ1) is 16.3. The molecule has 1 aromatic carbocycles. The fourth-order valence-corrected chi connectivity index (χ4v) is 1.61. The summed E-state index contributed by atoms with van der Waals surface area (Å²) < 4.78 is 4.43. The topological polar surface area (TPSA) is 131 Å². The Balaban J connectivity index is 2.38. The maximum Gasteiger partial charge on any atom is 0.404 e. The van der Waals surface area contributed by atoms with E-state index >= 15 is 0 Å². The van der Waals surface area contributed by atoms with Crippen LogP contribution in [-0.2, 0) is 9.53 Å². The monoisotopic (exact) mass is 295 g/mol. The Bertz CT molecular complexity index is 492. The molecule has 0 aliphatic rings. The summed E-state index contributed by atoms with van der Waals surface area (Å²) >= 11 is 0. The summed E-state index contributed by atoms with van der Waals surface area (Å²) in [5, 5.41) is 14.0. The molecule has 5 N–H and O–H groups in total. The highest BCUT2D eigenvalue weighted by Gasteiger charge is 2.20. The summed E-state index contributed by atoms with van der Waals surface area (Å²) in [4.78, 5) is 33.0. The summed E-state index contributed by atoms with van der Waals surface area (Å²) in [7, 11) is 0. The number of benzene rings is 1. The van der Waals surface area contributed by atoms with Crippen LogP contribution in [0.15, 0.2) is 30.3 Å². The standard InChI is InChI=1S/C13H17N3O5/c14-12(19)21-7-6-15-13(20)16-8-10(11(17)18)9-4-2-1-3-5-9/h1-5,10H,6-8H2,(H2,14,19)(H,17,18)(H2,15,16,20). The minimum atomic E-state index is -1.03. The number of carboxylic acid groups (broad SMARTS) is 1. The normalized spacial score (nSPS) is 11.2. The van der Waals surface area contributed by atoms with Crippen molar-refractivity contribution in [1.29, 1.82) is 0 Å². The first-order valence-electron chi connectivity index (χ1n) is 6.22. The molecule has 1 rings (SSSR count). The van der Waals surface area contributed by atoms with Crippen LogP contribution in [0.2, 0.25) is 0 Å². The van der Waals surface area contributed by atoms with E-state index in [0.29, 0.717) is 5.56 Å². The number of aliphatic carboxylic acids is 1. The number of hydrogen-bond donors (Lipinski definition) is 4. The van der Waals surface area contributed by atoms with Crippen molar-refractivity contribution in [2.45, 2.75) is 5.92 Å². The SMILES string of the molecule is NC(=O)OCCNC(=O)NCC(C(=O)O)c1ccccc1. The minimum absolute atomic E-state index is 0.0518. The second kappa shape index (κ2) is 8.41. The van der Waals surface area contributed by atoms with Gasteiger partial charge in [-0.05, 0) is 5.56 Å². The van der Waals surface area contributed by atoms with Gasteiger partial charge in [-0.1, -0.05) is 30.3 Å². The van der Waals surface area contributed by atoms with Gasteiger partial charge >= 0.3 is 18.1 Å². The van der Waals surface area contributed by atoms with E-state index in [-0.39, 0.29) is 19.7 Å². The number of primary amides is 1. The van der Waals surface area contributed by atoms with Gasteiger partial charge < -0.3 is 26.2 Å². The second-order valence-electron chi connectivity index (χ2n) is 4.11. The number of nitrogens with two attached hydrogens (primary N) is 1. The zero-order valence-electron chi connectivity index (χ0n) is 11.2. The van der Waals surface area contributed by atoms with Gasteiger partial charge in [0.15, 0.2) is 0 Å². The molecule has 1 aromatic rings. The molecule has 0 aliphatic heterocycles. The molecule has 0 radical (unpaired) electrons. The van der Waals surface area contributed by atoms with Crippen molar-refractivity contribution in [3.8, 4) is 0 Å². The van der Waals surface area contributed by atoms with E-state index in [4.69, 9.17) is 5.73 Å². The van der Waals surface area contributed by atoms with Crippen molar-refractivity contribution in [1.82, 2.24) is 10.6 Å². The Kier molecular flexibility index (Phi) is 6.52. The highest BCUT2D eigenvalue weighted by atomic mass is 16.5. The highest BCUT2D eigenvalue weighted by Crippen LogP contribution is 2.14. The summed E-state index contributed by atoms with van der Waals surface area (Å²) in [6.07, 6.45) is -0.924. The molecule has 0 aromatic heterocycles. The molecule has 8 nitrogen and oxygen atoms in total. The lowest BCUT2D eigenvalue weighted by Crippen LogP contribution is -2.40. The van der Waals surface area contributed by atoms with Crippen molar-refractivity contribution in [3.63, 3.8) is 0 Å². The average molecular weight is 295 g/mol. The van der Waals surface area contributed by atoms with E-state index in [1.54, 1.807) is 30.3 Å². The van der Waals surface area contributed by atoms with E-state index in [2.05, 4.69) is 15.4 Å². The molecular weight excluding hydrogens is 278 g/mol. The summed E-state index contributed by atoms with van der Waals surface area (Å²) in [5.41, 5.74) is 5.35. The molecule has 1 unspecified atom stereocenters. The van der Waals surface area contributed by atoms with Crippen LogP contribution in [0.25, 0.3) is 0 Å². The van der Waals surface area contributed by atoms with E-state index in [9.17, 15) is 19.5 Å². The first-order chi connectivity index (χ1) is 10.0. The zero-order chi connectivity index (χ0) is 15.7. The van der Waals surface area contributed by atoms with Crippen molar-refractivity contribution < 1.29 is 24.2 Å². The lowest BCUT2D eigenvalue weighted by atomic mass is 9.99. The Morgan fingerprint density at radius 2 is 1.86 bits per heavy atom. The zero-order valence-corrected chi connectivity index (χ0v) is 11.2.